The van der Waals surface area contributed by atoms with Gasteiger partial charge >= 0.3 is 0 Å². The van der Waals surface area contributed by atoms with Crippen molar-refractivity contribution >= 4 is 15.9 Å². The zero-order chi connectivity index (χ0) is 21.0. The molecule has 0 aliphatic rings. The van der Waals surface area contributed by atoms with Crippen molar-refractivity contribution in [2.45, 2.75) is 24.8 Å². The predicted molar refractivity (Wildman–Crippen MR) is 111 cm³/mol. The van der Waals surface area contributed by atoms with Crippen LogP contribution in [0.4, 0.5) is 0 Å². The molecule has 2 N–H and O–H groups in total. The second-order valence-electron chi connectivity index (χ2n) is 6.96. The minimum Gasteiger partial charge on any atom is -0.344 e. The number of aromatic nitrogens is 2. The maximum absolute atomic E-state index is 12.8. The number of benzene rings is 2. The fraction of sp³-hybridized carbons (Fsp3) is 0.238. The Labute approximate surface area is 170 Å². The lowest BCUT2D eigenvalue weighted by Gasteiger charge is -2.20. The molecule has 0 saturated carbocycles. The first kappa shape index (κ1) is 20.8. The molecule has 1 atom stereocenters. The first-order valence-electron chi connectivity index (χ1n) is 9.17. The summed E-state index contributed by atoms with van der Waals surface area (Å²) in [5.41, 5.74) is 2.87. The van der Waals surface area contributed by atoms with Crippen LogP contribution >= 0.6 is 0 Å². The molecule has 3 rings (SSSR count). The summed E-state index contributed by atoms with van der Waals surface area (Å²) < 4.78 is 29.8. The third kappa shape index (κ3) is 5.10. The van der Waals surface area contributed by atoms with Crippen molar-refractivity contribution < 1.29 is 13.2 Å². The number of carbonyl (C=O) groups excluding carboxylic acids is 1. The second-order valence-corrected chi connectivity index (χ2v) is 8.70. The minimum absolute atomic E-state index is 0.0195. The molecule has 0 aliphatic heterocycles. The van der Waals surface area contributed by atoms with Gasteiger partial charge in [-0.15, -0.1) is 0 Å². The number of aryl methyl sites for hydroxylation is 3. The zero-order valence-electron chi connectivity index (χ0n) is 16.6. The van der Waals surface area contributed by atoms with Gasteiger partial charge in [0, 0.05) is 19.8 Å². The summed E-state index contributed by atoms with van der Waals surface area (Å²) in [5, 5.41) is 6.90. The summed E-state index contributed by atoms with van der Waals surface area (Å²) in [5.74, 6) is -0.322. The predicted octanol–water partition coefficient (Wildman–Crippen LogP) is 2.49. The number of hydrogen-bond donors (Lipinski definition) is 2. The quantitative estimate of drug-likeness (QED) is 0.624. The lowest BCUT2D eigenvalue weighted by Crippen LogP contribution is -2.38. The van der Waals surface area contributed by atoms with Crippen LogP contribution in [0, 0.1) is 13.8 Å². The lowest BCUT2D eigenvalue weighted by atomic mass is 10.1. The Bertz CT molecular complexity index is 1110. The van der Waals surface area contributed by atoms with Crippen molar-refractivity contribution in [3.05, 3.63) is 83.2 Å². The Morgan fingerprint density at radius 3 is 2.48 bits per heavy atom. The van der Waals surface area contributed by atoms with Gasteiger partial charge in [-0.3, -0.25) is 9.48 Å². The zero-order valence-corrected chi connectivity index (χ0v) is 17.4. The van der Waals surface area contributed by atoms with Gasteiger partial charge in [-0.05, 0) is 31.0 Å². The Balaban J connectivity index is 1.81. The number of amides is 1. The molecule has 3 aromatic rings. The van der Waals surface area contributed by atoms with E-state index in [0.717, 1.165) is 11.1 Å². The molecule has 0 radical (unpaired) electrons. The molecule has 0 spiro atoms. The highest BCUT2D eigenvalue weighted by atomic mass is 32.2. The van der Waals surface area contributed by atoms with E-state index in [2.05, 4.69) is 15.1 Å². The Kier molecular flexibility index (Phi) is 6.14. The SMILES string of the molecule is Cc1ccc(S(=O)(=O)NC[C@H](NC(=O)c2cnn(C)c2)c2ccccc2)c(C)c1. The fourth-order valence-electron chi connectivity index (χ4n) is 3.09. The highest BCUT2D eigenvalue weighted by Crippen LogP contribution is 2.18. The molecular weight excluding hydrogens is 388 g/mol. The molecular formula is C21H24N4O3S. The summed E-state index contributed by atoms with van der Waals surface area (Å²) in [6, 6.07) is 13.9. The third-order valence-electron chi connectivity index (χ3n) is 4.57. The Morgan fingerprint density at radius 2 is 1.86 bits per heavy atom. The standard InChI is InChI=1S/C21H24N4O3S/c1-15-9-10-20(16(2)11-15)29(27,28)23-13-19(17-7-5-4-6-8-17)24-21(26)18-12-22-25(3)14-18/h4-12,14,19,23H,13H2,1-3H3,(H,24,26)/t19-/m0/s1. The maximum atomic E-state index is 12.8. The van der Waals surface area contributed by atoms with Crippen molar-refractivity contribution in [1.82, 2.24) is 19.8 Å². The van der Waals surface area contributed by atoms with Crippen LogP contribution in [0.5, 0.6) is 0 Å². The summed E-state index contributed by atoms with van der Waals surface area (Å²) >= 11 is 0. The molecule has 0 bridgehead atoms. The van der Waals surface area contributed by atoms with Crippen LogP contribution in [-0.4, -0.2) is 30.7 Å². The van der Waals surface area contributed by atoms with E-state index in [1.807, 2.05) is 43.3 Å². The molecule has 0 aliphatic carbocycles. The summed E-state index contributed by atoms with van der Waals surface area (Å²) in [6.45, 7) is 3.70. The molecule has 2 aromatic carbocycles. The van der Waals surface area contributed by atoms with Crippen molar-refractivity contribution in [2.75, 3.05) is 6.54 Å². The number of nitrogens with zero attached hydrogens (tertiary/aromatic N) is 2. The molecule has 152 valence electrons. The summed E-state index contributed by atoms with van der Waals surface area (Å²) in [6.07, 6.45) is 3.08. The van der Waals surface area contributed by atoms with Crippen LogP contribution < -0.4 is 10.0 Å². The molecule has 1 aromatic heterocycles. The van der Waals surface area contributed by atoms with Gasteiger partial charge in [-0.1, -0.05) is 48.0 Å². The smallest absolute Gasteiger partial charge is 0.254 e. The van der Waals surface area contributed by atoms with E-state index in [-0.39, 0.29) is 17.3 Å². The number of hydrogen-bond acceptors (Lipinski definition) is 4. The van der Waals surface area contributed by atoms with E-state index >= 15 is 0 Å². The first-order valence-corrected chi connectivity index (χ1v) is 10.7. The van der Waals surface area contributed by atoms with E-state index < -0.39 is 16.1 Å². The molecule has 0 fully saturated rings. The molecule has 0 unspecified atom stereocenters. The van der Waals surface area contributed by atoms with E-state index in [9.17, 15) is 13.2 Å². The van der Waals surface area contributed by atoms with Gasteiger partial charge in [0.2, 0.25) is 10.0 Å². The van der Waals surface area contributed by atoms with Gasteiger partial charge in [0.15, 0.2) is 0 Å². The van der Waals surface area contributed by atoms with Gasteiger partial charge in [0.25, 0.3) is 5.91 Å². The van der Waals surface area contributed by atoms with Gasteiger partial charge < -0.3 is 5.32 Å². The summed E-state index contributed by atoms with van der Waals surface area (Å²) in [7, 11) is -2.00. The highest BCUT2D eigenvalue weighted by molar-refractivity contribution is 7.89. The van der Waals surface area contributed by atoms with Crippen molar-refractivity contribution in [2.24, 2.45) is 7.05 Å². The summed E-state index contributed by atoms with van der Waals surface area (Å²) in [4.78, 5) is 12.8. The number of sulfonamides is 1. The molecule has 0 saturated heterocycles. The normalized spacial score (nSPS) is 12.5. The van der Waals surface area contributed by atoms with Crippen LogP contribution in [0.15, 0.2) is 65.8 Å². The lowest BCUT2D eigenvalue weighted by molar-refractivity contribution is 0.0937. The van der Waals surface area contributed by atoms with Crippen LogP contribution in [0.2, 0.25) is 0 Å². The van der Waals surface area contributed by atoms with E-state index in [0.29, 0.717) is 11.1 Å². The van der Waals surface area contributed by atoms with Crippen molar-refractivity contribution in [3.8, 4) is 0 Å². The fourth-order valence-corrected chi connectivity index (χ4v) is 4.36. The number of rotatable bonds is 7. The van der Waals surface area contributed by atoms with Gasteiger partial charge in [0.05, 0.1) is 22.7 Å². The molecule has 8 heteroatoms. The topological polar surface area (TPSA) is 93.1 Å². The molecule has 7 nitrogen and oxygen atoms in total. The van der Waals surface area contributed by atoms with Crippen molar-refractivity contribution in [3.63, 3.8) is 0 Å². The second kappa shape index (κ2) is 8.59. The van der Waals surface area contributed by atoms with Crippen molar-refractivity contribution in [1.29, 1.82) is 0 Å². The van der Waals surface area contributed by atoms with Crippen LogP contribution in [0.3, 0.4) is 0 Å². The largest absolute Gasteiger partial charge is 0.344 e. The first-order chi connectivity index (χ1) is 13.8. The van der Waals surface area contributed by atoms with Gasteiger partial charge in [0.1, 0.15) is 0 Å². The van der Waals surface area contributed by atoms with Crippen LogP contribution in [0.1, 0.15) is 33.1 Å². The van der Waals surface area contributed by atoms with E-state index in [1.54, 1.807) is 32.3 Å². The maximum Gasteiger partial charge on any atom is 0.254 e. The minimum atomic E-state index is -3.72. The van der Waals surface area contributed by atoms with Gasteiger partial charge in [-0.2, -0.15) is 5.10 Å². The molecule has 1 heterocycles. The monoisotopic (exact) mass is 412 g/mol. The average Bonchev–Trinajstić information content (AvgIpc) is 3.12. The Morgan fingerprint density at radius 1 is 1.14 bits per heavy atom. The van der Waals surface area contributed by atoms with Crippen LogP contribution in [-0.2, 0) is 17.1 Å². The highest BCUT2D eigenvalue weighted by Gasteiger charge is 2.22. The number of nitrogens with one attached hydrogen (secondary N) is 2. The van der Waals surface area contributed by atoms with E-state index in [1.165, 1.54) is 10.9 Å². The van der Waals surface area contributed by atoms with E-state index in [4.69, 9.17) is 0 Å². The average molecular weight is 413 g/mol. The molecule has 29 heavy (non-hydrogen) atoms. The van der Waals surface area contributed by atoms with Gasteiger partial charge in [-0.25, -0.2) is 13.1 Å². The van der Waals surface area contributed by atoms with Crippen LogP contribution in [0.25, 0.3) is 0 Å². The molecule has 1 amide bonds. The number of carbonyl (C=O) groups is 1. The third-order valence-corrected chi connectivity index (χ3v) is 6.16. The Hall–Kier alpha value is -2.97.